The molecule has 0 radical (unpaired) electrons. The predicted octanol–water partition coefficient (Wildman–Crippen LogP) is 1.56. The smallest absolute Gasteiger partial charge is 0.319 e. The van der Waals surface area contributed by atoms with Gasteiger partial charge in [0.1, 0.15) is 6.33 Å². The van der Waals surface area contributed by atoms with Crippen molar-refractivity contribution in [3.8, 4) is 0 Å². The van der Waals surface area contributed by atoms with E-state index in [1.54, 1.807) is 13.0 Å². The highest BCUT2D eigenvalue weighted by molar-refractivity contribution is 7.88. The molecule has 0 N–H and O–H groups in total. The van der Waals surface area contributed by atoms with Crippen LogP contribution in [0, 0.1) is 0 Å². The van der Waals surface area contributed by atoms with Gasteiger partial charge in [0.15, 0.2) is 0 Å². The molecule has 9 heteroatoms. The molecule has 0 saturated carbocycles. The zero-order chi connectivity index (χ0) is 17.6. The van der Waals surface area contributed by atoms with Crippen molar-refractivity contribution in [3.05, 3.63) is 19.0 Å². The van der Waals surface area contributed by atoms with E-state index in [1.165, 1.54) is 16.3 Å². The van der Waals surface area contributed by atoms with E-state index in [2.05, 4.69) is 16.7 Å². The van der Waals surface area contributed by atoms with E-state index < -0.39 is 16.1 Å². The first-order chi connectivity index (χ1) is 10.8. The molecule has 1 rings (SSSR count). The van der Waals surface area contributed by atoms with Crippen LogP contribution in [-0.2, 0) is 10.0 Å². The summed E-state index contributed by atoms with van der Waals surface area (Å²) >= 11 is 0. The Morgan fingerprint density at radius 2 is 2.13 bits per heavy atom. The van der Waals surface area contributed by atoms with Crippen molar-refractivity contribution in [1.82, 2.24) is 24.0 Å². The predicted molar refractivity (Wildman–Crippen MR) is 87.6 cm³/mol. The largest absolute Gasteiger partial charge is 0.346 e. The second kappa shape index (κ2) is 8.21. The minimum absolute atomic E-state index is 0.181. The first kappa shape index (κ1) is 19.3. The molecule has 0 aliphatic rings. The fraction of sp³-hybridized carbons (Fsp3) is 0.643. The summed E-state index contributed by atoms with van der Waals surface area (Å²) < 4.78 is 27.0. The lowest BCUT2D eigenvalue weighted by atomic mass is 10.3. The molecule has 0 aromatic carbocycles. The molecule has 1 atom stereocenters. The van der Waals surface area contributed by atoms with Crippen molar-refractivity contribution < 1.29 is 13.2 Å². The van der Waals surface area contributed by atoms with Crippen LogP contribution < -0.4 is 0 Å². The van der Waals surface area contributed by atoms with Crippen LogP contribution in [0.4, 0.5) is 4.79 Å². The van der Waals surface area contributed by atoms with Gasteiger partial charge < -0.3 is 4.90 Å². The second-order valence-electron chi connectivity index (χ2n) is 5.27. The van der Waals surface area contributed by atoms with Crippen LogP contribution in [0.5, 0.6) is 0 Å². The van der Waals surface area contributed by atoms with Gasteiger partial charge in [-0.1, -0.05) is 19.9 Å². The maximum atomic E-state index is 12.4. The Labute approximate surface area is 137 Å². The van der Waals surface area contributed by atoms with Gasteiger partial charge in [-0.2, -0.15) is 8.99 Å². The van der Waals surface area contributed by atoms with Gasteiger partial charge >= 0.3 is 6.03 Å². The molecule has 0 fully saturated rings. The summed E-state index contributed by atoms with van der Waals surface area (Å²) in [6.45, 7) is 10.1. The minimum atomic E-state index is -3.81. The Bertz CT molecular complexity index is 641. The maximum Gasteiger partial charge on any atom is 0.346 e. The van der Waals surface area contributed by atoms with E-state index in [-0.39, 0.29) is 11.2 Å². The first-order valence-electron chi connectivity index (χ1n) is 7.59. The van der Waals surface area contributed by atoms with Crippen molar-refractivity contribution in [2.75, 3.05) is 20.1 Å². The molecule has 1 aromatic heterocycles. The number of hydrogen-bond donors (Lipinski definition) is 0. The lowest BCUT2D eigenvalue weighted by Crippen LogP contribution is -2.37. The normalized spacial score (nSPS) is 13.1. The van der Waals surface area contributed by atoms with Crippen molar-refractivity contribution in [2.24, 2.45) is 0 Å². The van der Waals surface area contributed by atoms with Crippen LogP contribution >= 0.6 is 0 Å². The molecule has 1 heterocycles. The molecule has 8 nitrogen and oxygen atoms in total. The molecule has 0 saturated heterocycles. The Morgan fingerprint density at radius 1 is 1.48 bits per heavy atom. The molecule has 0 aliphatic carbocycles. The highest BCUT2D eigenvalue weighted by atomic mass is 32.2. The van der Waals surface area contributed by atoms with Crippen molar-refractivity contribution in [2.45, 2.75) is 44.8 Å². The number of carbonyl (C=O) groups excluding carboxylic acids is 1. The van der Waals surface area contributed by atoms with Crippen LogP contribution in [0.25, 0.3) is 0 Å². The van der Waals surface area contributed by atoms with Gasteiger partial charge in [0.05, 0.1) is 0 Å². The number of amides is 1. The van der Waals surface area contributed by atoms with E-state index in [9.17, 15) is 13.2 Å². The van der Waals surface area contributed by atoms with Crippen LogP contribution in [0.3, 0.4) is 0 Å². The Balaban J connectivity index is 3.05. The fourth-order valence-electron chi connectivity index (χ4n) is 1.92. The molecule has 1 unspecified atom stereocenters. The summed E-state index contributed by atoms with van der Waals surface area (Å²) in [7, 11) is -2.33. The van der Waals surface area contributed by atoms with Crippen LogP contribution in [0.15, 0.2) is 24.1 Å². The van der Waals surface area contributed by atoms with E-state index in [0.717, 1.165) is 17.4 Å². The van der Waals surface area contributed by atoms with Crippen molar-refractivity contribution >= 4 is 16.1 Å². The quantitative estimate of drug-likeness (QED) is 0.668. The highest BCUT2D eigenvalue weighted by Crippen LogP contribution is 2.14. The van der Waals surface area contributed by atoms with Crippen molar-refractivity contribution in [1.29, 1.82) is 0 Å². The SMILES string of the molecule is C=CCN(CCC)C(=O)n1cnc(S(=O)(=O)N(C)C(C)CC)n1. The minimum Gasteiger partial charge on any atom is -0.319 e. The third-order valence-electron chi connectivity index (χ3n) is 3.60. The molecular weight excluding hydrogens is 318 g/mol. The molecule has 0 aliphatic heterocycles. The van der Waals surface area contributed by atoms with Gasteiger partial charge in [-0.25, -0.2) is 18.2 Å². The lowest BCUT2D eigenvalue weighted by molar-refractivity contribution is 0.201. The molecule has 1 amide bonds. The zero-order valence-electron chi connectivity index (χ0n) is 14.1. The molecule has 0 spiro atoms. The summed E-state index contributed by atoms with van der Waals surface area (Å²) in [6, 6.07) is -0.605. The Kier molecular flexibility index (Phi) is 6.89. The average molecular weight is 343 g/mol. The summed E-state index contributed by atoms with van der Waals surface area (Å²) in [5, 5.41) is 3.48. The van der Waals surface area contributed by atoms with E-state index in [4.69, 9.17) is 0 Å². The zero-order valence-corrected chi connectivity index (χ0v) is 15.0. The number of hydrogen-bond acceptors (Lipinski definition) is 5. The Morgan fingerprint density at radius 3 is 2.65 bits per heavy atom. The van der Waals surface area contributed by atoms with E-state index in [1.807, 2.05) is 13.8 Å². The number of carbonyl (C=O) groups is 1. The van der Waals surface area contributed by atoms with Gasteiger partial charge in [-0.15, -0.1) is 11.7 Å². The summed E-state index contributed by atoms with van der Waals surface area (Å²) in [4.78, 5) is 17.7. The summed E-state index contributed by atoms with van der Waals surface area (Å²) in [6.07, 6.45) is 4.18. The average Bonchev–Trinajstić information content (AvgIpc) is 3.03. The summed E-state index contributed by atoms with van der Waals surface area (Å²) in [5.74, 6) is 0. The van der Waals surface area contributed by atoms with E-state index >= 15 is 0 Å². The molecule has 23 heavy (non-hydrogen) atoms. The number of rotatable bonds is 8. The van der Waals surface area contributed by atoms with Gasteiger partial charge in [-0.05, 0) is 19.8 Å². The first-order valence-corrected chi connectivity index (χ1v) is 9.03. The second-order valence-corrected chi connectivity index (χ2v) is 7.16. The third kappa shape index (κ3) is 4.38. The van der Waals surface area contributed by atoms with Crippen LogP contribution in [-0.4, -0.2) is 64.6 Å². The monoisotopic (exact) mass is 343 g/mol. The third-order valence-corrected chi connectivity index (χ3v) is 5.37. The lowest BCUT2D eigenvalue weighted by Gasteiger charge is -2.21. The number of aromatic nitrogens is 3. The van der Waals surface area contributed by atoms with Gasteiger partial charge in [0.25, 0.3) is 15.2 Å². The summed E-state index contributed by atoms with van der Waals surface area (Å²) in [5.41, 5.74) is 0. The Hall–Kier alpha value is -1.74. The molecule has 0 bridgehead atoms. The van der Waals surface area contributed by atoms with Gasteiger partial charge in [0, 0.05) is 26.2 Å². The molecule has 1 aromatic rings. The number of nitrogens with zero attached hydrogens (tertiary/aromatic N) is 5. The van der Waals surface area contributed by atoms with Crippen LogP contribution in [0.2, 0.25) is 0 Å². The standard InChI is InChI=1S/C14H25N5O3S/c1-6-9-18(10-7-2)14(20)19-11-15-13(16-19)23(21,22)17(5)12(4)8-3/h6,11-12H,1,7-10H2,2-5H3. The topological polar surface area (TPSA) is 88.4 Å². The highest BCUT2D eigenvalue weighted by Gasteiger charge is 2.29. The molecular formula is C14H25N5O3S. The maximum absolute atomic E-state index is 12.4. The number of sulfonamides is 1. The van der Waals surface area contributed by atoms with Gasteiger partial charge in [0.2, 0.25) is 0 Å². The fourth-order valence-corrected chi connectivity index (χ4v) is 3.17. The molecule has 130 valence electrons. The van der Waals surface area contributed by atoms with Gasteiger partial charge in [-0.3, -0.25) is 0 Å². The van der Waals surface area contributed by atoms with Crippen LogP contribution in [0.1, 0.15) is 33.6 Å². The van der Waals surface area contributed by atoms with E-state index in [0.29, 0.717) is 19.5 Å². The van der Waals surface area contributed by atoms with Crippen molar-refractivity contribution in [3.63, 3.8) is 0 Å².